The number of nitrogens with zero attached hydrogens (tertiary/aromatic N) is 2. The molecule has 56 heavy (non-hydrogen) atoms. The van der Waals surface area contributed by atoms with E-state index in [-0.39, 0.29) is 112 Å². The molecule has 2 heterocycles. The molecule has 12 nitrogen and oxygen atoms in total. The number of benzene rings is 2. The van der Waals surface area contributed by atoms with Crippen molar-refractivity contribution < 1.29 is 140 Å². The number of aliphatic carboxylic acids is 2. The molecule has 0 saturated carbocycles. The number of hydrogen-bond donors (Lipinski definition) is 0. The zero-order valence-electron chi connectivity index (χ0n) is 33.9. The molecule has 2 aromatic carbocycles. The van der Waals surface area contributed by atoms with E-state index >= 15 is 0 Å². The molecule has 0 N–H and O–H groups in total. The topological polar surface area (TPSA) is 171 Å². The number of hydrogen-bond acceptors (Lipinski definition) is 12. The fourth-order valence-corrected chi connectivity index (χ4v) is 7.74. The second kappa shape index (κ2) is 23.7. The van der Waals surface area contributed by atoms with Gasteiger partial charge in [-0.3, -0.25) is 0 Å². The van der Waals surface area contributed by atoms with Crippen molar-refractivity contribution in [2.75, 3.05) is 25.1 Å². The van der Waals surface area contributed by atoms with E-state index in [1.807, 2.05) is 74.3 Å². The molecule has 0 radical (unpaired) electrons. The summed E-state index contributed by atoms with van der Waals surface area (Å²) >= 11 is 1.03. The first-order chi connectivity index (χ1) is 25.0. The molecule has 0 saturated heterocycles. The molecule has 17 heteroatoms. The number of rotatable bonds is 19. The third-order valence-corrected chi connectivity index (χ3v) is 10.9. The van der Waals surface area contributed by atoms with Crippen LogP contribution in [0.3, 0.4) is 0 Å². The molecule has 286 valence electrons. The van der Waals surface area contributed by atoms with Crippen LogP contribution in [-0.4, -0.2) is 55.4 Å². The Morgan fingerprint density at radius 3 is 2.18 bits per heavy atom. The van der Waals surface area contributed by atoms with Crippen molar-refractivity contribution in [2.24, 2.45) is 0 Å². The van der Waals surface area contributed by atoms with Gasteiger partial charge in [0.25, 0.3) is 0 Å². The van der Waals surface area contributed by atoms with E-state index in [0.717, 1.165) is 50.9 Å². The first-order valence-electron chi connectivity index (χ1n) is 17.3. The maximum atomic E-state index is 11.8. The number of carboxylic acids is 2. The third-order valence-electron chi connectivity index (χ3n) is 9.49. The van der Waals surface area contributed by atoms with Crippen LogP contribution in [0.4, 0.5) is 11.4 Å². The summed E-state index contributed by atoms with van der Waals surface area (Å²) in [7, 11) is -3.31. The average molecular weight is 836 g/mol. The Balaban J connectivity index is 0.00000523. The van der Waals surface area contributed by atoms with Crippen molar-refractivity contribution in [3.8, 4) is 0 Å². The summed E-state index contributed by atoms with van der Waals surface area (Å²) in [5, 5.41) is 26.6. The Hall–Kier alpha value is -1.05. The molecule has 0 atom stereocenters. The Kier molecular flexibility index (Phi) is 22.4. The molecule has 0 spiro atoms. The smallest absolute Gasteiger partial charge is 0.744 e. The summed E-state index contributed by atoms with van der Waals surface area (Å²) in [4.78, 5) is 29.1. The minimum Gasteiger partial charge on any atom is -0.744 e. The van der Waals surface area contributed by atoms with E-state index in [4.69, 9.17) is 4.33 Å². The van der Waals surface area contributed by atoms with Gasteiger partial charge < -0.3 is 29.3 Å². The molecule has 4 rings (SSSR count). The summed E-state index contributed by atoms with van der Waals surface area (Å²) in [5.74, 6) is -2.17. The van der Waals surface area contributed by atoms with Crippen molar-refractivity contribution in [3.05, 3.63) is 95.3 Å². The predicted octanol–water partition coefficient (Wildman–Crippen LogP) is -3.92. The summed E-state index contributed by atoms with van der Waals surface area (Å²) in [6.45, 7) is 11.3. The first kappa shape index (κ1) is 53.0. The third kappa shape index (κ3) is 13.7. The SMILES string of the molecule is COOOSc1ccc2c(c1)C(C)(C)C(/C=C/C=C(C)/C=C/C=C1/N(CCCCC(=O)[O-])c3ccc(S(=O)(=O)[O-])cc3C1(C)C)=[N+]2CCCCC(=O)[O-].[Na+].[Na+].[Na+]. The number of carbonyl (C=O) groups is 2. The zero-order chi connectivity index (χ0) is 39.0. The molecule has 0 fully saturated rings. The van der Waals surface area contributed by atoms with Crippen LogP contribution in [0.2, 0.25) is 0 Å². The number of fused-ring (bicyclic) bond motifs is 2. The second-order valence-corrected chi connectivity index (χ2v) is 16.1. The van der Waals surface area contributed by atoms with Gasteiger partial charge in [-0.1, -0.05) is 48.8 Å². The van der Waals surface area contributed by atoms with Crippen molar-refractivity contribution in [1.29, 1.82) is 0 Å². The summed E-state index contributed by atoms with van der Waals surface area (Å²) in [6.07, 6.45) is 14.0. The fourth-order valence-electron chi connectivity index (χ4n) is 6.80. The fraction of sp³-hybridized carbons (Fsp3) is 0.410. The number of unbranched alkanes of at least 4 members (excludes halogenated alkanes) is 2. The van der Waals surface area contributed by atoms with Gasteiger partial charge in [-0.2, -0.15) is 4.58 Å². The predicted molar refractivity (Wildman–Crippen MR) is 197 cm³/mol. The van der Waals surface area contributed by atoms with Gasteiger partial charge in [0.1, 0.15) is 16.7 Å². The second-order valence-electron chi connectivity index (χ2n) is 14.0. The molecule has 2 aromatic rings. The van der Waals surface area contributed by atoms with Gasteiger partial charge in [0.05, 0.1) is 29.5 Å². The van der Waals surface area contributed by atoms with Gasteiger partial charge in [0.15, 0.2) is 5.71 Å². The number of allylic oxidation sites excluding steroid dienone is 8. The molecular formula is C39H46N2Na3O10S2+. The van der Waals surface area contributed by atoms with Gasteiger partial charge >= 0.3 is 88.7 Å². The molecule has 0 bridgehead atoms. The molecule has 2 aliphatic heterocycles. The number of anilines is 1. The molecule has 2 aliphatic rings. The Morgan fingerprint density at radius 2 is 1.55 bits per heavy atom. The van der Waals surface area contributed by atoms with Gasteiger partial charge in [-0.25, -0.2) is 13.3 Å². The van der Waals surface area contributed by atoms with Gasteiger partial charge in [-0.05, 0) is 94.8 Å². The zero-order valence-corrected chi connectivity index (χ0v) is 41.5. The van der Waals surface area contributed by atoms with Crippen molar-refractivity contribution in [2.45, 2.75) is 93.8 Å². The van der Waals surface area contributed by atoms with E-state index < -0.39 is 27.5 Å². The van der Waals surface area contributed by atoms with Crippen LogP contribution in [0.25, 0.3) is 0 Å². The molecular weight excluding hydrogens is 790 g/mol. The van der Waals surface area contributed by atoms with Crippen LogP contribution in [0.15, 0.2) is 93.9 Å². The van der Waals surface area contributed by atoms with Crippen molar-refractivity contribution >= 4 is 51.2 Å². The first-order valence-corrected chi connectivity index (χ1v) is 19.5. The van der Waals surface area contributed by atoms with Gasteiger partial charge in [0, 0.05) is 64.3 Å². The van der Waals surface area contributed by atoms with Crippen LogP contribution in [0.5, 0.6) is 0 Å². The van der Waals surface area contributed by atoms with Crippen LogP contribution < -0.4 is 104 Å². The van der Waals surface area contributed by atoms with E-state index in [0.29, 0.717) is 44.3 Å². The van der Waals surface area contributed by atoms with Gasteiger partial charge in [-0.15, -0.1) is 4.33 Å². The summed E-state index contributed by atoms with van der Waals surface area (Å²) in [5.41, 5.74) is 5.43. The average Bonchev–Trinajstić information content (AvgIpc) is 3.42. The van der Waals surface area contributed by atoms with E-state index in [1.54, 1.807) is 6.07 Å². The van der Waals surface area contributed by atoms with Crippen LogP contribution in [0.1, 0.15) is 84.3 Å². The van der Waals surface area contributed by atoms with E-state index in [1.165, 1.54) is 19.2 Å². The largest absolute Gasteiger partial charge is 1.00 e. The van der Waals surface area contributed by atoms with Crippen molar-refractivity contribution in [3.63, 3.8) is 0 Å². The van der Waals surface area contributed by atoms with Crippen LogP contribution >= 0.6 is 12.0 Å². The quantitative estimate of drug-likeness (QED) is 0.0197. The minimum absolute atomic E-state index is 0. The number of carboxylic acid groups (broad SMARTS) is 2. The minimum atomic E-state index is -4.66. The maximum absolute atomic E-state index is 11.8. The normalized spacial score (nSPS) is 16.4. The molecule has 0 unspecified atom stereocenters. The monoisotopic (exact) mass is 835 g/mol. The molecule has 0 aromatic heterocycles. The van der Waals surface area contributed by atoms with E-state index in [9.17, 15) is 32.8 Å². The van der Waals surface area contributed by atoms with E-state index in [2.05, 4.69) is 34.4 Å². The molecule has 0 amide bonds. The van der Waals surface area contributed by atoms with Crippen molar-refractivity contribution in [1.82, 2.24) is 0 Å². The van der Waals surface area contributed by atoms with Crippen LogP contribution in [0, 0.1) is 0 Å². The summed E-state index contributed by atoms with van der Waals surface area (Å²) < 4.78 is 42.8. The summed E-state index contributed by atoms with van der Waals surface area (Å²) in [6, 6.07) is 10.4. The Morgan fingerprint density at radius 1 is 0.893 bits per heavy atom. The molecule has 0 aliphatic carbocycles. The standard InChI is InChI=1S/C39H48N2O10S2.3Na/c1-27(14-12-16-35-39(4,5)31-26-29(53(46,47)48)20-22-33(31)41(35)24-10-8-18-37(44)45)13-11-15-34-38(2,3)30-25-28(52-51-50-49-6)19-21-32(30)40(34)23-9-7-17-36(42)43;;;/h11-16,19-22,25-26H,7-10,17-18,23-24H2,1-6H3,(H2-,42,43,44,45,46,47,48);;;/q;3*+1/p-2. The Labute approximate surface area is 401 Å². The maximum Gasteiger partial charge on any atom is 1.00 e. The van der Waals surface area contributed by atoms with Gasteiger partial charge in [0.2, 0.25) is 5.69 Å². The van der Waals surface area contributed by atoms with Crippen LogP contribution in [-0.2, 0) is 44.8 Å². The number of carbonyl (C=O) groups excluding carboxylic acids is 2. The Bertz CT molecular complexity index is 1980.